The fraction of sp³-hybridized carbons (Fsp3) is 0.400. The molecule has 108 valence electrons. The number of thiazole rings is 1. The van der Waals surface area contributed by atoms with Gasteiger partial charge in [-0.1, -0.05) is 6.92 Å². The highest BCUT2D eigenvalue weighted by atomic mass is 32.1. The van der Waals surface area contributed by atoms with Gasteiger partial charge >= 0.3 is 0 Å². The second-order valence-corrected chi connectivity index (χ2v) is 5.92. The van der Waals surface area contributed by atoms with E-state index in [1.54, 1.807) is 17.4 Å². The lowest BCUT2D eigenvalue weighted by Crippen LogP contribution is -2.18. The molecule has 3 nitrogen and oxygen atoms in total. The molecule has 0 aliphatic rings. The van der Waals surface area contributed by atoms with Crippen LogP contribution in [0.2, 0.25) is 0 Å². The van der Waals surface area contributed by atoms with E-state index in [2.05, 4.69) is 10.3 Å². The third kappa shape index (κ3) is 3.77. The standard InChI is InChI=1S/C15H19FN2OS/c1-4-17-10(2)14-7-12(16)5-6-15(14)19-9-13-8-18-11(3)20-13/h5-8,10,17H,4,9H2,1-3H3. The van der Waals surface area contributed by atoms with Gasteiger partial charge in [-0.15, -0.1) is 11.3 Å². The molecule has 1 unspecified atom stereocenters. The van der Waals surface area contributed by atoms with Gasteiger partial charge < -0.3 is 10.1 Å². The summed E-state index contributed by atoms with van der Waals surface area (Å²) in [6, 6.07) is 4.69. The Kier molecular flexibility index (Phi) is 5.09. The summed E-state index contributed by atoms with van der Waals surface area (Å²) < 4.78 is 19.2. The van der Waals surface area contributed by atoms with Gasteiger partial charge in [0.05, 0.1) is 9.88 Å². The average molecular weight is 294 g/mol. The molecule has 2 rings (SSSR count). The summed E-state index contributed by atoms with van der Waals surface area (Å²) in [5.41, 5.74) is 0.841. The van der Waals surface area contributed by atoms with Crippen LogP contribution in [-0.4, -0.2) is 11.5 Å². The van der Waals surface area contributed by atoms with Gasteiger partial charge in [-0.2, -0.15) is 0 Å². The van der Waals surface area contributed by atoms with Gasteiger partial charge in [0.15, 0.2) is 0 Å². The Hall–Kier alpha value is -1.46. The minimum Gasteiger partial charge on any atom is -0.488 e. The number of hydrogen-bond acceptors (Lipinski definition) is 4. The molecule has 20 heavy (non-hydrogen) atoms. The summed E-state index contributed by atoms with van der Waals surface area (Å²) in [6.07, 6.45) is 1.82. The van der Waals surface area contributed by atoms with Gasteiger partial charge in [0, 0.05) is 17.8 Å². The fourth-order valence-electron chi connectivity index (χ4n) is 2.03. The number of hydrogen-bond donors (Lipinski definition) is 1. The Morgan fingerprint density at radius 3 is 2.90 bits per heavy atom. The quantitative estimate of drug-likeness (QED) is 0.879. The van der Waals surface area contributed by atoms with Crippen LogP contribution in [0.3, 0.4) is 0 Å². The van der Waals surface area contributed by atoms with Crippen LogP contribution in [0.4, 0.5) is 4.39 Å². The number of rotatable bonds is 6. The molecule has 1 N–H and O–H groups in total. The molecule has 0 amide bonds. The Morgan fingerprint density at radius 1 is 1.45 bits per heavy atom. The minimum absolute atomic E-state index is 0.0499. The van der Waals surface area contributed by atoms with E-state index < -0.39 is 0 Å². The summed E-state index contributed by atoms with van der Waals surface area (Å²) in [4.78, 5) is 5.26. The number of nitrogens with one attached hydrogen (secondary N) is 1. The van der Waals surface area contributed by atoms with E-state index >= 15 is 0 Å². The molecule has 0 saturated carbocycles. The number of halogens is 1. The third-order valence-corrected chi connectivity index (χ3v) is 3.87. The van der Waals surface area contributed by atoms with Crippen molar-refractivity contribution in [2.24, 2.45) is 0 Å². The van der Waals surface area contributed by atoms with E-state index in [0.717, 1.165) is 22.0 Å². The van der Waals surface area contributed by atoms with E-state index in [1.165, 1.54) is 12.1 Å². The van der Waals surface area contributed by atoms with Crippen LogP contribution in [-0.2, 0) is 6.61 Å². The predicted molar refractivity (Wildman–Crippen MR) is 79.7 cm³/mol. The molecule has 2 aromatic rings. The maximum Gasteiger partial charge on any atom is 0.124 e. The van der Waals surface area contributed by atoms with Crippen molar-refractivity contribution in [3.05, 3.63) is 45.7 Å². The van der Waals surface area contributed by atoms with Crippen LogP contribution >= 0.6 is 11.3 Å². The molecule has 1 heterocycles. The van der Waals surface area contributed by atoms with Gasteiger partial charge in [0.1, 0.15) is 18.2 Å². The molecular formula is C15H19FN2OS. The zero-order valence-electron chi connectivity index (χ0n) is 11.9. The molecule has 0 radical (unpaired) electrons. The van der Waals surface area contributed by atoms with Crippen molar-refractivity contribution in [3.63, 3.8) is 0 Å². The number of aryl methyl sites for hydroxylation is 1. The molecule has 1 aromatic carbocycles. The first-order chi connectivity index (χ1) is 9.60. The van der Waals surface area contributed by atoms with Gasteiger partial charge in [-0.05, 0) is 38.6 Å². The van der Waals surface area contributed by atoms with Gasteiger partial charge in [-0.3, -0.25) is 0 Å². The van der Waals surface area contributed by atoms with Crippen molar-refractivity contribution in [3.8, 4) is 5.75 Å². The average Bonchev–Trinajstić information content (AvgIpc) is 2.83. The molecule has 0 bridgehead atoms. The number of benzene rings is 1. The Morgan fingerprint density at radius 2 is 2.25 bits per heavy atom. The predicted octanol–water partition coefficient (Wildman–Crippen LogP) is 3.84. The van der Waals surface area contributed by atoms with Gasteiger partial charge in [-0.25, -0.2) is 9.37 Å². The lowest BCUT2D eigenvalue weighted by molar-refractivity contribution is 0.302. The second-order valence-electron chi connectivity index (χ2n) is 4.60. The Balaban J connectivity index is 2.13. The zero-order chi connectivity index (χ0) is 14.5. The lowest BCUT2D eigenvalue weighted by atomic mass is 10.1. The van der Waals surface area contributed by atoms with E-state index in [-0.39, 0.29) is 11.9 Å². The van der Waals surface area contributed by atoms with Crippen molar-refractivity contribution in [1.82, 2.24) is 10.3 Å². The summed E-state index contributed by atoms with van der Waals surface area (Å²) >= 11 is 1.61. The van der Waals surface area contributed by atoms with Crippen molar-refractivity contribution >= 4 is 11.3 Å². The fourth-order valence-corrected chi connectivity index (χ4v) is 2.73. The number of nitrogens with zero attached hydrogens (tertiary/aromatic N) is 1. The normalized spacial score (nSPS) is 12.4. The van der Waals surface area contributed by atoms with Crippen LogP contribution in [0.5, 0.6) is 5.75 Å². The minimum atomic E-state index is -0.245. The highest BCUT2D eigenvalue weighted by Gasteiger charge is 2.12. The van der Waals surface area contributed by atoms with Crippen LogP contribution in [0.25, 0.3) is 0 Å². The highest BCUT2D eigenvalue weighted by molar-refractivity contribution is 7.11. The lowest BCUT2D eigenvalue weighted by Gasteiger charge is -2.17. The maximum atomic E-state index is 13.4. The molecule has 1 atom stereocenters. The Labute approximate surface area is 122 Å². The molecule has 0 saturated heterocycles. The molecule has 5 heteroatoms. The summed E-state index contributed by atoms with van der Waals surface area (Å²) in [6.45, 7) is 7.28. The van der Waals surface area contributed by atoms with Crippen LogP contribution in [0.1, 0.15) is 35.3 Å². The third-order valence-electron chi connectivity index (χ3n) is 2.99. The molecular weight excluding hydrogens is 275 g/mol. The van der Waals surface area contributed by atoms with E-state index in [0.29, 0.717) is 12.4 Å². The molecule has 0 aliphatic carbocycles. The first-order valence-corrected chi connectivity index (χ1v) is 7.48. The topological polar surface area (TPSA) is 34.1 Å². The Bertz CT molecular complexity index is 571. The second kappa shape index (κ2) is 6.81. The monoisotopic (exact) mass is 294 g/mol. The smallest absolute Gasteiger partial charge is 0.124 e. The number of ether oxygens (including phenoxy) is 1. The van der Waals surface area contributed by atoms with E-state index in [1.807, 2.05) is 27.0 Å². The largest absolute Gasteiger partial charge is 0.488 e. The molecule has 1 aromatic heterocycles. The first-order valence-electron chi connectivity index (χ1n) is 6.67. The van der Waals surface area contributed by atoms with Gasteiger partial charge in [0.25, 0.3) is 0 Å². The van der Waals surface area contributed by atoms with Crippen LogP contribution in [0.15, 0.2) is 24.4 Å². The summed E-state index contributed by atoms with van der Waals surface area (Å²) in [7, 11) is 0. The molecule has 0 fully saturated rings. The molecule has 0 aliphatic heterocycles. The summed E-state index contributed by atoms with van der Waals surface area (Å²) in [5.74, 6) is 0.469. The zero-order valence-corrected chi connectivity index (χ0v) is 12.8. The SMILES string of the molecule is CCNC(C)c1cc(F)ccc1OCc1cnc(C)s1. The van der Waals surface area contributed by atoms with Crippen molar-refractivity contribution in [2.45, 2.75) is 33.4 Å². The van der Waals surface area contributed by atoms with Crippen molar-refractivity contribution < 1.29 is 9.13 Å². The van der Waals surface area contributed by atoms with Gasteiger partial charge in [0.2, 0.25) is 0 Å². The molecule has 0 spiro atoms. The number of aromatic nitrogens is 1. The highest BCUT2D eigenvalue weighted by Crippen LogP contribution is 2.27. The van der Waals surface area contributed by atoms with E-state index in [4.69, 9.17) is 4.74 Å². The van der Waals surface area contributed by atoms with E-state index in [9.17, 15) is 4.39 Å². The maximum absolute atomic E-state index is 13.4. The summed E-state index contributed by atoms with van der Waals surface area (Å²) in [5, 5.41) is 4.29. The van der Waals surface area contributed by atoms with Crippen LogP contribution < -0.4 is 10.1 Å². The first kappa shape index (κ1) is 14.9. The van der Waals surface area contributed by atoms with Crippen molar-refractivity contribution in [2.75, 3.05) is 6.54 Å². The van der Waals surface area contributed by atoms with Crippen molar-refractivity contribution in [1.29, 1.82) is 0 Å². The van der Waals surface area contributed by atoms with Crippen LogP contribution in [0, 0.1) is 12.7 Å².